The lowest BCUT2D eigenvalue weighted by atomic mass is 10.1. The smallest absolute Gasteiger partial charge is 0.102 e. The predicted octanol–water partition coefficient (Wildman–Crippen LogP) is 4.63. The van der Waals surface area contributed by atoms with Gasteiger partial charge in [0.1, 0.15) is 5.03 Å². The van der Waals surface area contributed by atoms with Gasteiger partial charge in [-0.3, -0.25) is 0 Å². The molecule has 0 atom stereocenters. The summed E-state index contributed by atoms with van der Waals surface area (Å²) in [6.45, 7) is 10.8. The van der Waals surface area contributed by atoms with Crippen molar-refractivity contribution in [2.45, 2.75) is 50.4 Å². The number of fused-ring (bicyclic) bond motifs is 1. The second-order valence-corrected chi connectivity index (χ2v) is 7.85. The molecule has 1 aromatic carbocycles. The molecule has 0 saturated heterocycles. The lowest BCUT2D eigenvalue weighted by Gasteiger charge is -2.20. The van der Waals surface area contributed by atoms with Crippen LogP contribution in [0.25, 0.3) is 10.9 Å². The molecule has 0 fully saturated rings. The molecule has 0 bridgehead atoms. The van der Waals surface area contributed by atoms with E-state index in [0.717, 1.165) is 30.1 Å². The maximum Gasteiger partial charge on any atom is 0.102 e. The monoisotopic (exact) mass is 288 g/mol. The fraction of sp³-hybridized carbons (Fsp3) is 0.471. The molecule has 0 radical (unpaired) electrons. The maximum atomic E-state index is 4.86. The van der Waals surface area contributed by atoms with Crippen molar-refractivity contribution >= 4 is 22.7 Å². The van der Waals surface area contributed by atoms with E-state index in [2.05, 4.69) is 63.3 Å². The summed E-state index contributed by atoms with van der Waals surface area (Å²) < 4.78 is 0.176. The standard InChI is InChI=1S/C17H24N2S/c1-5-10-18-12-14-11-13-8-6-7-9-15(13)19-16(14)20-17(2,3)4/h6-9,11,18H,5,10,12H2,1-4H3. The Morgan fingerprint density at radius 3 is 2.65 bits per heavy atom. The molecule has 2 aromatic rings. The van der Waals surface area contributed by atoms with E-state index in [1.54, 1.807) is 0 Å². The van der Waals surface area contributed by atoms with Gasteiger partial charge in [-0.25, -0.2) is 4.98 Å². The normalized spacial score (nSPS) is 12.0. The minimum atomic E-state index is 0.176. The zero-order valence-corrected chi connectivity index (χ0v) is 13.7. The number of aromatic nitrogens is 1. The molecular formula is C17H24N2S. The van der Waals surface area contributed by atoms with Crippen LogP contribution < -0.4 is 5.32 Å². The van der Waals surface area contributed by atoms with E-state index < -0.39 is 0 Å². The highest BCUT2D eigenvalue weighted by molar-refractivity contribution is 8.00. The van der Waals surface area contributed by atoms with Crippen LogP contribution >= 0.6 is 11.8 Å². The van der Waals surface area contributed by atoms with Gasteiger partial charge in [0.15, 0.2) is 0 Å². The maximum absolute atomic E-state index is 4.86. The van der Waals surface area contributed by atoms with Crippen molar-refractivity contribution in [1.82, 2.24) is 10.3 Å². The van der Waals surface area contributed by atoms with Crippen molar-refractivity contribution in [3.8, 4) is 0 Å². The van der Waals surface area contributed by atoms with Gasteiger partial charge in [-0.2, -0.15) is 0 Å². The van der Waals surface area contributed by atoms with Crippen LogP contribution in [0.4, 0.5) is 0 Å². The van der Waals surface area contributed by atoms with Crippen molar-refractivity contribution in [2.75, 3.05) is 6.54 Å². The molecule has 3 heteroatoms. The summed E-state index contributed by atoms with van der Waals surface area (Å²) in [5.41, 5.74) is 2.38. The number of thioether (sulfide) groups is 1. The average Bonchev–Trinajstić information content (AvgIpc) is 2.37. The Morgan fingerprint density at radius 2 is 1.95 bits per heavy atom. The third kappa shape index (κ3) is 4.22. The van der Waals surface area contributed by atoms with Crippen LogP contribution in [-0.2, 0) is 6.54 Å². The van der Waals surface area contributed by atoms with Crippen LogP contribution in [-0.4, -0.2) is 16.3 Å². The first kappa shape index (κ1) is 15.3. The molecular weight excluding hydrogens is 264 g/mol. The molecule has 0 aliphatic rings. The third-order valence-corrected chi connectivity index (χ3v) is 4.07. The predicted molar refractivity (Wildman–Crippen MR) is 89.4 cm³/mol. The Bertz CT molecular complexity index is 573. The Labute approximate surface area is 126 Å². The number of hydrogen-bond donors (Lipinski definition) is 1. The summed E-state index contributed by atoms with van der Waals surface area (Å²) in [5, 5.41) is 5.86. The van der Waals surface area contributed by atoms with Gasteiger partial charge < -0.3 is 5.32 Å². The first-order valence-corrected chi connectivity index (χ1v) is 8.09. The summed E-state index contributed by atoms with van der Waals surface area (Å²) in [5.74, 6) is 0. The molecule has 0 spiro atoms. The topological polar surface area (TPSA) is 24.9 Å². The quantitative estimate of drug-likeness (QED) is 0.641. The van der Waals surface area contributed by atoms with E-state index in [1.165, 1.54) is 10.9 Å². The molecule has 108 valence electrons. The van der Waals surface area contributed by atoms with Gasteiger partial charge in [-0.15, -0.1) is 11.8 Å². The number of benzene rings is 1. The highest BCUT2D eigenvalue weighted by Gasteiger charge is 2.16. The number of pyridine rings is 1. The highest BCUT2D eigenvalue weighted by Crippen LogP contribution is 2.34. The van der Waals surface area contributed by atoms with E-state index in [-0.39, 0.29) is 4.75 Å². The summed E-state index contributed by atoms with van der Waals surface area (Å²) in [6.07, 6.45) is 1.16. The summed E-state index contributed by atoms with van der Waals surface area (Å²) >= 11 is 1.85. The van der Waals surface area contributed by atoms with Gasteiger partial charge in [0.25, 0.3) is 0 Å². The second-order valence-electron chi connectivity index (χ2n) is 6.04. The fourth-order valence-corrected chi connectivity index (χ4v) is 3.03. The molecule has 0 saturated carbocycles. The number of para-hydroxylation sites is 1. The van der Waals surface area contributed by atoms with E-state index in [0.29, 0.717) is 0 Å². The van der Waals surface area contributed by atoms with Crippen LogP contribution in [0.3, 0.4) is 0 Å². The second kappa shape index (κ2) is 6.59. The largest absolute Gasteiger partial charge is 0.313 e. The molecule has 0 unspecified atom stereocenters. The molecule has 1 aromatic heterocycles. The Hall–Kier alpha value is -1.06. The SMILES string of the molecule is CCCNCc1cc2ccccc2nc1SC(C)(C)C. The molecule has 2 nitrogen and oxygen atoms in total. The highest BCUT2D eigenvalue weighted by atomic mass is 32.2. The first-order chi connectivity index (χ1) is 9.49. The van der Waals surface area contributed by atoms with E-state index in [4.69, 9.17) is 4.98 Å². The molecule has 1 N–H and O–H groups in total. The van der Waals surface area contributed by atoms with E-state index in [1.807, 2.05) is 11.8 Å². The van der Waals surface area contributed by atoms with Gasteiger partial charge >= 0.3 is 0 Å². The van der Waals surface area contributed by atoms with Crippen LogP contribution in [0.5, 0.6) is 0 Å². The zero-order chi connectivity index (χ0) is 14.6. The minimum Gasteiger partial charge on any atom is -0.313 e. The van der Waals surface area contributed by atoms with Crippen molar-refractivity contribution in [2.24, 2.45) is 0 Å². The average molecular weight is 288 g/mol. The third-order valence-electron chi connectivity index (χ3n) is 2.91. The zero-order valence-electron chi connectivity index (χ0n) is 12.9. The Morgan fingerprint density at radius 1 is 1.20 bits per heavy atom. The van der Waals surface area contributed by atoms with Gasteiger partial charge in [0.05, 0.1) is 5.52 Å². The van der Waals surface area contributed by atoms with Gasteiger partial charge in [-0.05, 0) is 30.7 Å². The van der Waals surface area contributed by atoms with Crippen molar-refractivity contribution in [3.05, 3.63) is 35.9 Å². The van der Waals surface area contributed by atoms with Crippen molar-refractivity contribution < 1.29 is 0 Å². The number of nitrogens with one attached hydrogen (secondary N) is 1. The van der Waals surface area contributed by atoms with Crippen molar-refractivity contribution in [3.63, 3.8) is 0 Å². The number of rotatable bonds is 5. The van der Waals surface area contributed by atoms with Crippen LogP contribution in [0, 0.1) is 0 Å². The summed E-state index contributed by atoms with van der Waals surface area (Å²) in [6, 6.07) is 10.6. The van der Waals surface area contributed by atoms with Crippen LogP contribution in [0.1, 0.15) is 39.7 Å². The van der Waals surface area contributed by atoms with E-state index >= 15 is 0 Å². The summed E-state index contributed by atoms with van der Waals surface area (Å²) in [4.78, 5) is 4.86. The number of hydrogen-bond acceptors (Lipinski definition) is 3. The van der Waals surface area contributed by atoms with Gasteiger partial charge in [-0.1, -0.05) is 45.9 Å². The molecule has 20 heavy (non-hydrogen) atoms. The van der Waals surface area contributed by atoms with Crippen molar-refractivity contribution in [1.29, 1.82) is 0 Å². The molecule has 1 heterocycles. The minimum absolute atomic E-state index is 0.176. The Kier molecular flexibility index (Phi) is 5.06. The summed E-state index contributed by atoms with van der Waals surface area (Å²) in [7, 11) is 0. The Balaban J connectivity index is 2.36. The molecule has 2 rings (SSSR count). The van der Waals surface area contributed by atoms with Gasteiger partial charge in [0.2, 0.25) is 0 Å². The molecule has 0 aliphatic carbocycles. The first-order valence-electron chi connectivity index (χ1n) is 7.28. The molecule has 0 amide bonds. The van der Waals surface area contributed by atoms with Gasteiger partial charge in [0, 0.05) is 16.7 Å². The van der Waals surface area contributed by atoms with E-state index in [9.17, 15) is 0 Å². The molecule has 0 aliphatic heterocycles. The van der Waals surface area contributed by atoms with Crippen LogP contribution in [0.2, 0.25) is 0 Å². The fourth-order valence-electron chi connectivity index (χ4n) is 2.05. The lowest BCUT2D eigenvalue weighted by molar-refractivity contribution is 0.665. The number of nitrogens with zero attached hydrogens (tertiary/aromatic N) is 1. The lowest BCUT2D eigenvalue weighted by Crippen LogP contribution is -2.16. The van der Waals surface area contributed by atoms with Crippen LogP contribution in [0.15, 0.2) is 35.4 Å².